The molecule has 11 heavy (non-hydrogen) atoms. The molecule has 0 radical (unpaired) electrons. The van der Waals surface area contributed by atoms with Gasteiger partial charge in [-0.15, -0.1) is 6.58 Å². The molecule has 0 heteroatoms. The van der Waals surface area contributed by atoms with Crippen LogP contribution in [0.5, 0.6) is 0 Å². The quantitative estimate of drug-likeness (QED) is 0.536. The van der Waals surface area contributed by atoms with Crippen molar-refractivity contribution in [3.05, 3.63) is 12.2 Å². The van der Waals surface area contributed by atoms with E-state index in [0.717, 1.165) is 12.3 Å². The van der Waals surface area contributed by atoms with Gasteiger partial charge in [0, 0.05) is 0 Å². The first kappa shape index (κ1) is 10.7. The van der Waals surface area contributed by atoms with E-state index in [9.17, 15) is 0 Å². The lowest BCUT2D eigenvalue weighted by molar-refractivity contribution is 0.285. The average molecular weight is 154 g/mol. The second kappa shape index (κ2) is 3.94. The number of hydrogen-bond acceptors (Lipinski definition) is 0. The molecule has 0 amide bonds. The topological polar surface area (TPSA) is 0 Å². The van der Waals surface area contributed by atoms with Crippen molar-refractivity contribution in [3.8, 4) is 0 Å². The molecular formula is C11H22. The van der Waals surface area contributed by atoms with Crippen molar-refractivity contribution in [1.29, 1.82) is 0 Å². The molecule has 0 atom stereocenters. The Morgan fingerprint density at radius 1 is 1.36 bits per heavy atom. The minimum Gasteiger partial charge on any atom is -0.100 e. The number of hydrogen-bond donors (Lipinski definition) is 0. The molecule has 0 aliphatic carbocycles. The van der Waals surface area contributed by atoms with Gasteiger partial charge in [-0.2, -0.15) is 0 Å². The Bertz CT molecular complexity index is 129. The third-order valence-electron chi connectivity index (χ3n) is 1.74. The van der Waals surface area contributed by atoms with Crippen molar-refractivity contribution < 1.29 is 0 Å². The molecule has 0 aliphatic rings. The van der Waals surface area contributed by atoms with E-state index in [0.29, 0.717) is 5.41 Å². The van der Waals surface area contributed by atoms with Crippen molar-refractivity contribution in [2.75, 3.05) is 0 Å². The molecule has 0 bridgehead atoms. The molecule has 0 N–H and O–H groups in total. The predicted molar refractivity (Wildman–Crippen MR) is 52.7 cm³/mol. The highest BCUT2D eigenvalue weighted by atomic mass is 14.2. The Hall–Kier alpha value is -0.260. The zero-order valence-electron chi connectivity index (χ0n) is 8.70. The molecule has 0 rings (SSSR count). The zero-order valence-corrected chi connectivity index (χ0v) is 8.70. The lowest BCUT2D eigenvalue weighted by atomic mass is 9.79. The van der Waals surface area contributed by atoms with Gasteiger partial charge in [-0.25, -0.2) is 0 Å². The fourth-order valence-corrected chi connectivity index (χ4v) is 1.99. The Morgan fingerprint density at radius 2 is 1.82 bits per heavy atom. The summed E-state index contributed by atoms with van der Waals surface area (Å²) in [5.74, 6) is 0.796. The number of rotatable bonds is 4. The van der Waals surface area contributed by atoms with E-state index in [1.54, 1.807) is 0 Å². The first-order chi connectivity index (χ1) is 4.83. The fourth-order valence-electron chi connectivity index (χ4n) is 1.99. The second-order valence-electron chi connectivity index (χ2n) is 4.90. The van der Waals surface area contributed by atoms with Crippen LogP contribution in [0, 0.1) is 11.3 Å². The van der Waals surface area contributed by atoms with Gasteiger partial charge in [0.15, 0.2) is 0 Å². The Labute approximate surface area is 71.7 Å². The maximum absolute atomic E-state index is 3.95. The maximum atomic E-state index is 3.95. The van der Waals surface area contributed by atoms with Crippen LogP contribution in [0.25, 0.3) is 0 Å². The summed E-state index contributed by atoms with van der Waals surface area (Å²) in [6.45, 7) is 15.3. The molecule has 0 spiro atoms. The van der Waals surface area contributed by atoms with Crippen LogP contribution in [0.3, 0.4) is 0 Å². The van der Waals surface area contributed by atoms with Crippen molar-refractivity contribution in [2.45, 2.75) is 47.5 Å². The summed E-state index contributed by atoms with van der Waals surface area (Å²) in [6.07, 6.45) is 2.45. The average Bonchev–Trinajstić information content (AvgIpc) is 1.53. The largest absolute Gasteiger partial charge is 0.100 e. The van der Waals surface area contributed by atoms with E-state index in [4.69, 9.17) is 0 Å². The van der Waals surface area contributed by atoms with E-state index in [1.807, 2.05) is 0 Å². The van der Waals surface area contributed by atoms with E-state index in [2.05, 4.69) is 41.2 Å². The minimum absolute atomic E-state index is 0.444. The predicted octanol–water partition coefficient (Wildman–Crippen LogP) is 4.02. The molecule has 0 aromatic heterocycles. The molecule has 0 aliphatic heterocycles. The van der Waals surface area contributed by atoms with Crippen molar-refractivity contribution in [2.24, 2.45) is 11.3 Å². The van der Waals surface area contributed by atoms with Crippen LogP contribution in [-0.4, -0.2) is 0 Å². The van der Waals surface area contributed by atoms with Crippen molar-refractivity contribution >= 4 is 0 Å². The monoisotopic (exact) mass is 154 g/mol. The van der Waals surface area contributed by atoms with Crippen LogP contribution in [0.2, 0.25) is 0 Å². The second-order valence-corrected chi connectivity index (χ2v) is 4.90. The molecule has 0 fully saturated rings. The van der Waals surface area contributed by atoms with E-state index < -0.39 is 0 Å². The van der Waals surface area contributed by atoms with Crippen LogP contribution >= 0.6 is 0 Å². The third-order valence-corrected chi connectivity index (χ3v) is 1.74. The SMILES string of the molecule is C=C(C)CC(C)(C)CC(C)C. The fraction of sp³-hybridized carbons (Fsp3) is 0.818. The molecule has 66 valence electrons. The summed E-state index contributed by atoms with van der Waals surface area (Å²) < 4.78 is 0. The minimum atomic E-state index is 0.444. The summed E-state index contributed by atoms with van der Waals surface area (Å²) in [5, 5.41) is 0. The number of allylic oxidation sites excluding steroid dienone is 1. The van der Waals surface area contributed by atoms with Gasteiger partial charge in [-0.1, -0.05) is 33.3 Å². The molecule has 0 aromatic carbocycles. The van der Waals surface area contributed by atoms with Crippen molar-refractivity contribution in [3.63, 3.8) is 0 Å². The molecule has 0 saturated heterocycles. The van der Waals surface area contributed by atoms with Crippen LogP contribution in [0.1, 0.15) is 47.5 Å². The molecule has 0 unspecified atom stereocenters. The highest BCUT2D eigenvalue weighted by Crippen LogP contribution is 2.31. The highest BCUT2D eigenvalue weighted by molar-refractivity contribution is 4.93. The smallest absolute Gasteiger partial charge is 0.0274 e. The van der Waals surface area contributed by atoms with E-state index in [1.165, 1.54) is 12.0 Å². The van der Waals surface area contributed by atoms with Gasteiger partial charge >= 0.3 is 0 Å². The first-order valence-corrected chi connectivity index (χ1v) is 4.48. The summed E-state index contributed by atoms with van der Waals surface area (Å²) in [7, 11) is 0. The van der Waals surface area contributed by atoms with Gasteiger partial charge < -0.3 is 0 Å². The summed E-state index contributed by atoms with van der Waals surface area (Å²) in [4.78, 5) is 0. The van der Waals surface area contributed by atoms with Gasteiger partial charge in [0.1, 0.15) is 0 Å². The summed E-state index contributed by atoms with van der Waals surface area (Å²) in [5.41, 5.74) is 1.75. The van der Waals surface area contributed by atoms with E-state index >= 15 is 0 Å². The van der Waals surface area contributed by atoms with Gasteiger partial charge in [-0.05, 0) is 31.1 Å². The molecule has 0 aromatic rings. The molecule has 0 heterocycles. The van der Waals surface area contributed by atoms with Crippen LogP contribution in [-0.2, 0) is 0 Å². The van der Waals surface area contributed by atoms with Crippen LogP contribution in [0.15, 0.2) is 12.2 Å². The summed E-state index contributed by atoms with van der Waals surface area (Å²) >= 11 is 0. The van der Waals surface area contributed by atoms with Crippen molar-refractivity contribution in [1.82, 2.24) is 0 Å². The van der Waals surface area contributed by atoms with Crippen LogP contribution < -0.4 is 0 Å². The van der Waals surface area contributed by atoms with E-state index in [-0.39, 0.29) is 0 Å². The lowest BCUT2D eigenvalue weighted by Crippen LogP contribution is -2.14. The normalized spacial score (nSPS) is 12.2. The lowest BCUT2D eigenvalue weighted by Gasteiger charge is -2.26. The van der Waals surface area contributed by atoms with Gasteiger partial charge in [0.05, 0.1) is 0 Å². The standard InChI is InChI=1S/C11H22/c1-9(2)7-11(5,6)8-10(3)4/h10H,1,7-8H2,2-6H3. The highest BCUT2D eigenvalue weighted by Gasteiger charge is 2.18. The zero-order chi connectivity index (χ0) is 9.07. The maximum Gasteiger partial charge on any atom is -0.0274 e. The van der Waals surface area contributed by atoms with Gasteiger partial charge in [0.2, 0.25) is 0 Å². The van der Waals surface area contributed by atoms with Gasteiger partial charge in [0.25, 0.3) is 0 Å². The molecular weight excluding hydrogens is 132 g/mol. The molecule has 0 saturated carbocycles. The Morgan fingerprint density at radius 3 is 2.09 bits per heavy atom. The first-order valence-electron chi connectivity index (χ1n) is 4.48. The van der Waals surface area contributed by atoms with Crippen LogP contribution in [0.4, 0.5) is 0 Å². The Kier molecular flexibility index (Phi) is 3.85. The Balaban J connectivity index is 3.89. The van der Waals surface area contributed by atoms with Gasteiger partial charge in [-0.3, -0.25) is 0 Å². The molecule has 0 nitrogen and oxygen atoms in total. The third kappa shape index (κ3) is 6.15. The summed E-state index contributed by atoms with van der Waals surface area (Å²) in [6, 6.07) is 0.